The Balaban J connectivity index is 1.83. The fraction of sp³-hybridized carbons (Fsp3) is 0.750. The Hall–Kier alpha value is -0.910. The fourth-order valence-electron chi connectivity index (χ4n) is 2.48. The summed E-state index contributed by atoms with van der Waals surface area (Å²) in [6, 6.07) is 2.40. The van der Waals surface area contributed by atoms with Gasteiger partial charge in [0.25, 0.3) is 0 Å². The Morgan fingerprint density at radius 3 is 3.00 bits per heavy atom. The zero-order valence-electron chi connectivity index (χ0n) is 10.5. The highest BCUT2D eigenvalue weighted by molar-refractivity contribution is 4.84. The van der Waals surface area contributed by atoms with E-state index in [-0.39, 0.29) is 0 Å². The van der Waals surface area contributed by atoms with E-state index in [1.807, 2.05) is 23.1 Å². The van der Waals surface area contributed by atoms with Gasteiger partial charge in [0.15, 0.2) is 0 Å². The minimum Gasteiger partial charge on any atom is -0.381 e. The first-order valence-electron chi connectivity index (χ1n) is 6.28. The fourth-order valence-corrected chi connectivity index (χ4v) is 2.48. The van der Waals surface area contributed by atoms with Crippen molar-refractivity contribution in [1.29, 1.82) is 0 Å². The molecule has 2 unspecified atom stereocenters. The molecular weight excluding hydrogens is 216 g/mol. The van der Waals surface area contributed by atoms with Crippen LogP contribution in [0.2, 0.25) is 0 Å². The van der Waals surface area contributed by atoms with Crippen LogP contribution in [0, 0.1) is 0 Å². The molecule has 2 N–H and O–H groups in total. The molecule has 1 saturated heterocycles. The average Bonchev–Trinajstić information content (AvgIpc) is 2.89. The molecule has 96 valence electrons. The van der Waals surface area contributed by atoms with E-state index in [0.29, 0.717) is 18.7 Å². The van der Waals surface area contributed by atoms with Gasteiger partial charge >= 0.3 is 0 Å². The number of hydrogen-bond acceptors (Lipinski definition) is 4. The van der Waals surface area contributed by atoms with Gasteiger partial charge in [0.1, 0.15) is 0 Å². The van der Waals surface area contributed by atoms with Gasteiger partial charge in [-0.3, -0.25) is 9.58 Å². The lowest BCUT2D eigenvalue weighted by atomic mass is 9.99. The van der Waals surface area contributed by atoms with Crippen LogP contribution in [0.5, 0.6) is 0 Å². The number of hydrogen-bond donors (Lipinski definition) is 1. The van der Waals surface area contributed by atoms with Gasteiger partial charge < -0.3 is 10.5 Å². The van der Waals surface area contributed by atoms with Crippen molar-refractivity contribution in [2.75, 3.05) is 26.7 Å². The lowest BCUT2D eigenvalue weighted by Crippen LogP contribution is -2.49. The van der Waals surface area contributed by atoms with E-state index in [1.54, 1.807) is 7.11 Å². The van der Waals surface area contributed by atoms with E-state index in [2.05, 4.69) is 10.00 Å². The molecule has 0 saturated carbocycles. The maximum Gasteiger partial charge on any atom is 0.0599 e. The number of ether oxygens (including phenoxy) is 1. The Labute approximate surface area is 103 Å². The molecule has 2 heterocycles. The Morgan fingerprint density at radius 1 is 1.47 bits per heavy atom. The lowest BCUT2D eigenvalue weighted by molar-refractivity contribution is 0.0119. The van der Waals surface area contributed by atoms with Crippen LogP contribution in [-0.2, 0) is 11.3 Å². The van der Waals surface area contributed by atoms with E-state index in [1.165, 1.54) is 0 Å². The summed E-state index contributed by atoms with van der Waals surface area (Å²) in [6.45, 7) is 3.72. The highest BCUT2D eigenvalue weighted by Crippen LogP contribution is 2.18. The van der Waals surface area contributed by atoms with Gasteiger partial charge in [-0.15, -0.1) is 0 Å². The molecule has 1 aliphatic rings. The second-order valence-corrected chi connectivity index (χ2v) is 4.58. The minimum atomic E-state index is 0.379. The standard InChI is InChI=1S/C12H22N4O/c1-17-12-3-6-15(11(9-12)10-13)7-8-16-5-2-4-14-16/h2,4-5,11-12H,3,6-10,13H2,1H3. The molecule has 1 aromatic heterocycles. The summed E-state index contributed by atoms with van der Waals surface area (Å²) in [4.78, 5) is 2.46. The number of nitrogens with two attached hydrogens (primary N) is 1. The van der Waals surface area contributed by atoms with Gasteiger partial charge in [-0.05, 0) is 18.9 Å². The molecule has 1 aliphatic heterocycles. The minimum absolute atomic E-state index is 0.379. The summed E-state index contributed by atoms with van der Waals surface area (Å²) < 4.78 is 7.39. The van der Waals surface area contributed by atoms with Crippen molar-refractivity contribution in [3.05, 3.63) is 18.5 Å². The average molecular weight is 238 g/mol. The Kier molecular flexibility index (Phi) is 4.53. The van der Waals surface area contributed by atoms with E-state index in [9.17, 15) is 0 Å². The number of piperidine rings is 1. The SMILES string of the molecule is COC1CCN(CCn2cccn2)C(CN)C1. The second kappa shape index (κ2) is 6.14. The zero-order valence-corrected chi connectivity index (χ0v) is 10.5. The quantitative estimate of drug-likeness (QED) is 0.802. The van der Waals surface area contributed by atoms with Gasteiger partial charge in [0, 0.05) is 45.2 Å². The molecule has 0 radical (unpaired) electrons. The second-order valence-electron chi connectivity index (χ2n) is 4.58. The molecule has 5 heteroatoms. The number of methoxy groups -OCH3 is 1. The van der Waals surface area contributed by atoms with E-state index in [0.717, 1.165) is 32.5 Å². The third-order valence-electron chi connectivity index (χ3n) is 3.57. The van der Waals surface area contributed by atoms with Gasteiger partial charge in [0.2, 0.25) is 0 Å². The normalized spacial score (nSPS) is 26.2. The first kappa shape index (κ1) is 12.5. The van der Waals surface area contributed by atoms with Crippen LogP contribution in [0.4, 0.5) is 0 Å². The molecule has 0 aromatic carbocycles. The van der Waals surface area contributed by atoms with E-state index in [4.69, 9.17) is 10.5 Å². The van der Waals surface area contributed by atoms with Crippen molar-refractivity contribution in [2.24, 2.45) is 5.73 Å². The van der Waals surface area contributed by atoms with Crippen molar-refractivity contribution in [2.45, 2.75) is 31.5 Å². The molecular formula is C12H22N4O. The molecule has 2 rings (SSSR count). The molecule has 1 aromatic rings. The monoisotopic (exact) mass is 238 g/mol. The first-order valence-corrected chi connectivity index (χ1v) is 6.28. The third-order valence-corrected chi connectivity index (χ3v) is 3.57. The molecule has 2 atom stereocenters. The Bertz CT molecular complexity index is 314. The summed E-state index contributed by atoms with van der Waals surface area (Å²) in [5.74, 6) is 0. The van der Waals surface area contributed by atoms with Gasteiger partial charge in [0.05, 0.1) is 12.6 Å². The summed E-state index contributed by atoms with van der Waals surface area (Å²) in [6.07, 6.45) is 6.35. The first-order chi connectivity index (χ1) is 8.33. The highest BCUT2D eigenvalue weighted by Gasteiger charge is 2.26. The topological polar surface area (TPSA) is 56.3 Å². The summed E-state index contributed by atoms with van der Waals surface area (Å²) in [5, 5.41) is 4.22. The highest BCUT2D eigenvalue weighted by atomic mass is 16.5. The van der Waals surface area contributed by atoms with E-state index >= 15 is 0 Å². The van der Waals surface area contributed by atoms with Crippen LogP contribution in [0.25, 0.3) is 0 Å². The van der Waals surface area contributed by atoms with Gasteiger partial charge in [-0.25, -0.2) is 0 Å². The van der Waals surface area contributed by atoms with Crippen molar-refractivity contribution in [3.63, 3.8) is 0 Å². The molecule has 17 heavy (non-hydrogen) atoms. The Morgan fingerprint density at radius 2 is 2.35 bits per heavy atom. The summed E-state index contributed by atoms with van der Waals surface area (Å²) >= 11 is 0. The van der Waals surface area contributed by atoms with Crippen LogP contribution in [0.15, 0.2) is 18.5 Å². The number of likely N-dealkylation sites (tertiary alicyclic amines) is 1. The number of rotatable bonds is 5. The molecule has 0 amide bonds. The van der Waals surface area contributed by atoms with Crippen LogP contribution in [-0.4, -0.2) is 53.6 Å². The molecule has 1 fully saturated rings. The van der Waals surface area contributed by atoms with Crippen molar-refractivity contribution in [3.8, 4) is 0 Å². The number of aromatic nitrogens is 2. The van der Waals surface area contributed by atoms with Crippen molar-refractivity contribution in [1.82, 2.24) is 14.7 Å². The van der Waals surface area contributed by atoms with Crippen molar-refractivity contribution < 1.29 is 4.74 Å². The van der Waals surface area contributed by atoms with Crippen LogP contribution in [0.1, 0.15) is 12.8 Å². The molecule has 0 aliphatic carbocycles. The molecule has 0 spiro atoms. The third kappa shape index (κ3) is 3.28. The molecule has 0 bridgehead atoms. The smallest absolute Gasteiger partial charge is 0.0599 e. The maximum absolute atomic E-state index is 5.84. The van der Waals surface area contributed by atoms with Crippen LogP contribution in [0.3, 0.4) is 0 Å². The summed E-state index contributed by atoms with van der Waals surface area (Å²) in [7, 11) is 1.79. The lowest BCUT2D eigenvalue weighted by Gasteiger charge is -2.38. The van der Waals surface area contributed by atoms with Crippen molar-refractivity contribution >= 4 is 0 Å². The summed E-state index contributed by atoms with van der Waals surface area (Å²) in [5.41, 5.74) is 5.84. The van der Waals surface area contributed by atoms with Gasteiger partial charge in [-0.2, -0.15) is 5.10 Å². The van der Waals surface area contributed by atoms with Crippen LogP contribution < -0.4 is 5.73 Å². The largest absolute Gasteiger partial charge is 0.381 e. The predicted molar refractivity (Wildman–Crippen MR) is 66.7 cm³/mol. The maximum atomic E-state index is 5.84. The number of nitrogens with zero attached hydrogens (tertiary/aromatic N) is 3. The predicted octanol–water partition coefficient (Wildman–Crippen LogP) is 0.321. The zero-order chi connectivity index (χ0) is 12.1. The van der Waals surface area contributed by atoms with Gasteiger partial charge in [-0.1, -0.05) is 0 Å². The molecule has 5 nitrogen and oxygen atoms in total. The van der Waals surface area contributed by atoms with E-state index < -0.39 is 0 Å². The van der Waals surface area contributed by atoms with Crippen LogP contribution >= 0.6 is 0 Å².